The SMILES string of the molecule is Cc1ccc(OC2CCN(C(=O)c3ccccc3Oc3ccccc3)CC2)cn1. The molecule has 5 heteroatoms. The van der Waals surface area contributed by atoms with Gasteiger partial charge in [0, 0.05) is 31.6 Å². The summed E-state index contributed by atoms with van der Waals surface area (Å²) in [7, 11) is 0. The fourth-order valence-electron chi connectivity index (χ4n) is 3.41. The van der Waals surface area contributed by atoms with Crippen molar-refractivity contribution >= 4 is 5.91 Å². The Labute approximate surface area is 170 Å². The molecule has 2 aromatic carbocycles. The molecule has 5 nitrogen and oxygen atoms in total. The molecule has 0 N–H and O–H groups in total. The van der Waals surface area contributed by atoms with Gasteiger partial charge in [0.25, 0.3) is 5.91 Å². The minimum atomic E-state index is -0.00742. The van der Waals surface area contributed by atoms with Crippen molar-refractivity contribution in [2.75, 3.05) is 13.1 Å². The van der Waals surface area contributed by atoms with Crippen molar-refractivity contribution in [2.45, 2.75) is 25.9 Å². The number of aromatic nitrogens is 1. The predicted molar refractivity (Wildman–Crippen MR) is 111 cm³/mol. The molecule has 0 spiro atoms. The molecule has 4 rings (SSSR count). The number of rotatable bonds is 5. The van der Waals surface area contributed by atoms with Gasteiger partial charge in [-0.05, 0) is 43.3 Å². The molecule has 3 aromatic rings. The van der Waals surface area contributed by atoms with Crippen LogP contribution >= 0.6 is 0 Å². The molecule has 0 saturated carbocycles. The van der Waals surface area contributed by atoms with Crippen molar-refractivity contribution in [1.82, 2.24) is 9.88 Å². The molecule has 1 amide bonds. The Bertz CT molecular complexity index is 949. The van der Waals surface area contributed by atoms with Crippen molar-refractivity contribution in [3.05, 3.63) is 84.2 Å². The fraction of sp³-hybridized carbons (Fsp3) is 0.250. The van der Waals surface area contributed by atoms with E-state index in [2.05, 4.69) is 4.98 Å². The van der Waals surface area contributed by atoms with Gasteiger partial charge in [0.1, 0.15) is 23.4 Å². The van der Waals surface area contributed by atoms with Gasteiger partial charge in [0.15, 0.2) is 0 Å². The van der Waals surface area contributed by atoms with E-state index in [0.29, 0.717) is 30.2 Å². The lowest BCUT2D eigenvalue weighted by molar-refractivity contribution is 0.0592. The van der Waals surface area contributed by atoms with Crippen LogP contribution in [0.25, 0.3) is 0 Å². The second-order valence-corrected chi connectivity index (χ2v) is 7.16. The average molecular weight is 388 g/mol. The molecule has 0 atom stereocenters. The Morgan fingerprint density at radius 2 is 1.66 bits per heavy atom. The lowest BCUT2D eigenvalue weighted by atomic mass is 10.1. The third-order valence-corrected chi connectivity index (χ3v) is 5.00. The summed E-state index contributed by atoms with van der Waals surface area (Å²) in [4.78, 5) is 19.3. The van der Waals surface area contributed by atoms with Gasteiger partial charge in [0.05, 0.1) is 11.8 Å². The van der Waals surface area contributed by atoms with Crippen LogP contribution in [0, 0.1) is 6.92 Å². The maximum absolute atomic E-state index is 13.1. The predicted octanol–water partition coefficient (Wildman–Crippen LogP) is 4.87. The maximum atomic E-state index is 13.1. The van der Waals surface area contributed by atoms with E-state index < -0.39 is 0 Å². The van der Waals surface area contributed by atoms with E-state index in [1.165, 1.54) is 0 Å². The number of carbonyl (C=O) groups excluding carboxylic acids is 1. The van der Waals surface area contributed by atoms with E-state index in [1.807, 2.05) is 78.6 Å². The number of para-hydroxylation sites is 2. The molecule has 1 aliphatic rings. The molecule has 1 aliphatic heterocycles. The van der Waals surface area contributed by atoms with Crippen LogP contribution in [-0.2, 0) is 0 Å². The summed E-state index contributed by atoms with van der Waals surface area (Å²) in [5.74, 6) is 2.06. The first-order valence-electron chi connectivity index (χ1n) is 9.89. The summed E-state index contributed by atoms with van der Waals surface area (Å²) in [5, 5.41) is 0. The van der Waals surface area contributed by atoms with E-state index in [1.54, 1.807) is 6.20 Å². The van der Waals surface area contributed by atoms with Crippen LogP contribution < -0.4 is 9.47 Å². The van der Waals surface area contributed by atoms with Gasteiger partial charge in [-0.3, -0.25) is 9.78 Å². The number of likely N-dealkylation sites (tertiary alicyclic amines) is 1. The van der Waals surface area contributed by atoms with E-state index in [-0.39, 0.29) is 12.0 Å². The molecule has 29 heavy (non-hydrogen) atoms. The molecule has 0 radical (unpaired) electrons. The van der Waals surface area contributed by atoms with Gasteiger partial charge in [-0.15, -0.1) is 0 Å². The largest absolute Gasteiger partial charge is 0.489 e. The number of piperidine rings is 1. The summed E-state index contributed by atoms with van der Waals surface area (Å²) in [6.45, 7) is 3.26. The second kappa shape index (κ2) is 8.78. The van der Waals surface area contributed by atoms with E-state index in [9.17, 15) is 4.79 Å². The van der Waals surface area contributed by atoms with Gasteiger partial charge in [-0.2, -0.15) is 0 Å². The molecule has 0 aliphatic carbocycles. The summed E-state index contributed by atoms with van der Waals surface area (Å²) in [6, 6.07) is 20.8. The van der Waals surface area contributed by atoms with E-state index in [0.717, 1.165) is 24.3 Å². The highest BCUT2D eigenvalue weighted by molar-refractivity contribution is 5.97. The van der Waals surface area contributed by atoms with Gasteiger partial charge in [0.2, 0.25) is 0 Å². The van der Waals surface area contributed by atoms with Gasteiger partial charge in [-0.1, -0.05) is 30.3 Å². The van der Waals surface area contributed by atoms with E-state index >= 15 is 0 Å². The quantitative estimate of drug-likeness (QED) is 0.626. The zero-order valence-corrected chi connectivity index (χ0v) is 16.5. The fourth-order valence-corrected chi connectivity index (χ4v) is 3.41. The summed E-state index contributed by atoms with van der Waals surface area (Å²) in [5.41, 5.74) is 1.55. The number of carbonyl (C=O) groups is 1. The van der Waals surface area contributed by atoms with Crippen molar-refractivity contribution < 1.29 is 14.3 Å². The first kappa shape index (κ1) is 19.0. The Hall–Kier alpha value is -3.34. The topological polar surface area (TPSA) is 51.7 Å². The van der Waals surface area contributed by atoms with Crippen LogP contribution in [0.4, 0.5) is 0 Å². The standard InChI is InChI=1S/C24H24N2O3/c1-18-11-12-21(17-25-18)28-20-13-15-26(16-14-20)24(27)22-9-5-6-10-23(22)29-19-7-3-2-4-8-19/h2-12,17,20H,13-16H2,1H3. The first-order valence-corrected chi connectivity index (χ1v) is 9.89. The average Bonchev–Trinajstić information content (AvgIpc) is 2.77. The van der Waals surface area contributed by atoms with Crippen LogP contribution in [0.2, 0.25) is 0 Å². The number of ether oxygens (including phenoxy) is 2. The summed E-state index contributed by atoms with van der Waals surface area (Å²) >= 11 is 0. The number of aryl methyl sites for hydroxylation is 1. The Balaban J connectivity index is 1.39. The van der Waals surface area contributed by atoms with Crippen LogP contribution in [0.5, 0.6) is 17.2 Å². The maximum Gasteiger partial charge on any atom is 0.257 e. The minimum Gasteiger partial charge on any atom is -0.489 e. The number of amides is 1. The molecule has 0 unspecified atom stereocenters. The lowest BCUT2D eigenvalue weighted by Gasteiger charge is -2.32. The zero-order valence-electron chi connectivity index (χ0n) is 16.5. The van der Waals surface area contributed by atoms with Crippen LogP contribution in [0.1, 0.15) is 28.9 Å². The second-order valence-electron chi connectivity index (χ2n) is 7.16. The zero-order chi connectivity index (χ0) is 20.1. The van der Waals surface area contributed by atoms with Gasteiger partial charge >= 0.3 is 0 Å². The molecule has 1 aromatic heterocycles. The van der Waals surface area contributed by atoms with Crippen LogP contribution in [-0.4, -0.2) is 35.0 Å². The highest BCUT2D eigenvalue weighted by Gasteiger charge is 2.26. The van der Waals surface area contributed by atoms with Gasteiger partial charge < -0.3 is 14.4 Å². The number of benzene rings is 2. The molecule has 0 bridgehead atoms. The number of hydrogen-bond acceptors (Lipinski definition) is 4. The molecular weight excluding hydrogens is 364 g/mol. The highest BCUT2D eigenvalue weighted by atomic mass is 16.5. The molecular formula is C24H24N2O3. The van der Waals surface area contributed by atoms with Gasteiger partial charge in [-0.25, -0.2) is 0 Å². The third kappa shape index (κ3) is 4.74. The first-order chi connectivity index (χ1) is 14.2. The highest BCUT2D eigenvalue weighted by Crippen LogP contribution is 2.27. The summed E-state index contributed by atoms with van der Waals surface area (Å²) < 4.78 is 12.0. The Kier molecular flexibility index (Phi) is 5.75. The smallest absolute Gasteiger partial charge is 0.257 e. The Morgan fingerprint density at radius 1 is 0.931 bits per heavy atom. The number of hydrogen-bond donors (Lipinski definition) is 0. The number of pyridine rings is 1. The monoisotopic (exact) mass is 388 g/mol. The Morgan fingerprint density at radius 3 is 2.38 bits per heavy atom. The van der Waals surface area contributed by atoms with Crippen LogP contribution in [0.15, 0.2) is 72.9 Å². The molecule has 148 valence electrons. The summed E-state index contributed by atoms with van der Waals surface area (Å²) in [6.07, 6.45) is 3.44. The normalized spacial score (nSPS) is 14.4. The van der Waals surface area contributed by atoms with Crippen molar-refractivity contribution in [1.29, 1.82) is 0 Å². The molecule has 1 fully saturated rings. The number of nitrogens with zero attached hydrogens (tertiary/aromatic N) is 2. The molecule has 2 heterocycles. The minimum absolute atomic E-state index is 0.00742. The van der Waals surface area contributed by atoms with Crippen molar-refractivity contribution in [3.8, 4) is 17.2 Å². The molecule has 1 saturated heterocycles. The van der Waals surface area contributed by atoms with Crippen molar-refractivity contribution in [3.63, 3.8) is 0 Å². The van der Waals surface area contributed by atoms with Crippen LogP contribution in [0.3, 0.4) is 0 Å². The van der Waals surface area contributed by atoms with Crippen molar-refractivity contribution in [2.24, 2.45) is 0 Å². The van der Waals surface area contributed by atoms with E-state index in [4.69, 9.17) is 9.47 Å². The lowest BCUT2D eigenvalue weighted by Crippen LogP contribution is -2.41. The third-order valence-electron chi connectivity index (χ3n) is 5.00.